The van der Waals surface area contributed by atoms with E-state index in [0.29, 0.717) is 6.04 Å². The van der Waals surface area contributed by atoms with E-state index in [0.717, 1.165) is 24.8 Å². The number of fused-ring (bicyclic) bond motifs is 2. The van der Waals surface area contributed by atoms with Gasteiger partial charge in [0, 0.05) is 12.1 Å². The SMILES string of the molecule is CN1C2CCC1C(C(N)=O)C(c1ccc(F)cc1)C2. The van der Waals surface area contributed by atoms with Gasteiger partial charge in [0.25, 0.3) is 0 Å². The predicted octanol–water partition coefficient (Wildman–Crippen LogP) is 1.88. The highest BCUT2D eigenvalue weighted by molar-refractivity contribution is 5.79. The van der Waals surface area contributed by atoms with Crippen molar-refractivity contribution in [2.45, 2.75) is 37.3 Å². The van der Waals surface area contributed by atoms with Gasteiger partial charge in [-0.1, -0.05) is 12.1 Å². The Kier molecular flexibility index (Phi) is 3.05. The zero-order valence-corrected chi connectivity index (χ0v) is 11.1. The van der Waals surface area contributed by atoms with Crippen molar-refractivity contribution in [3.63, 3.8) is 0 Å². The van der Waals surface area contributed by atoms with E-state index in [9.17, 15) is 9.18 Å². The van der Waals surface area contributed by atoms with Gasteiger partial charge in [0.1, 0.15) is 5.82 Å². The van der Waals surface area contributed by atoms with Crippen LogP contribution in [0.15, 0.2) is 24.3 Å². The number of benzene rings is 1. The molecule has 2 fully saturated rings. The minimum absolute atomic E-state index is 0.131. The molecule has 2 N–H and O–H groups in total. The molecular weight excluding hydrogens is 243 g/mol. The number of hydrogen-bond donors (Lipinski definition) is 1. The van der Waals surface area contributed by atoms with Gasteiger partial charge >= 0.3 is 0 Å². The van der Waals surface area contributed by atoms with Gasteiger partial charge < -0.3 is 5.73 Å². The van der Waals surface area contributed by atoms with Crippen LogP contribution in [0.1, 0.15) is 30.7 Å². The monoisotopic (exact) mass is 262 g/mol. The van der Waals surface area contributed by atoms with E-state index in [4.69, 9.17) is 5.73 Å². The highest BCUT2D eigenvalue weighted by Crippen LogP contribution is 2.45. The van der Waals surface area contributed by atoms with Gasteiger partial charge in [-0.05, 0) is 49.9 Å². The molecule has 2 bridgehead atoms. The lowest BCUT2D eigenvalue weighted by Crippen LogP contribution is -2.50. The van der Waals surface area contributed by atoms with Gasteiger partial charge in [0.15, 0.2) is 0 Å². The van der Waals surface area contributed by atoms with Crippen molar-refractivity contribution in [2.75, 3.05) is 7.05 Å². The zero-order valence-electron chi connectivity index (χ0n) is 11.1. The van der Waals surface area contributed by atoms with E-state index in [1.807, 2.05) is 0 Å². The largest absolute Gasteiger partial charge is 0.369 e. The van der Waals surface area contributed by atoms with Crippen LogP contribution in [0.4, 0.5) is 4.39 Å². The van der Waals surface area contributed by atoms with Crippen molar-refractivity contribution in [2.24, 2.45) is 11.7 Å². The standard InChI is InChI=1S/C15H19FN2O/c1-18-11-6-7-13(18)14(15(17)19)12(8-11)9-2-4-10(16)5-3-9/h2-5,11-14H,6-8H2,1H3,(H2,17,19). The summed E-state index contributed by atoms with van der Waals surface area (Å²) in [4.78, 5) is 14.2. The molecule has 2 aliphatic heterocycles. The highest BCUT2D eigenvalue weighted by Gasteiger charge is 2.48. The highest BCUT2D eigenvalue weighted by atomic mass is 19.1. The molecule has 19 heavy (non-hydrogen) atoms. The molecule has 0 saturated carbocycles. The molecule has 3 rings (SSSR count). The number of nitrogens with two attached hydrogens (primary N) is 1. The number of primary amides is 1. The third-order valence-electron chi connectivity index (χ3n) is 4.90. The molecule has 4 atom stereocenters. The summed E-state index contributed by atoms with van der Waals surface area (Å²) < 4.78 is 13.0. The van der Waals surface area contributed by atoms with Crippen LogP contribution < -0.4 is 5.73 Å². The van der Waals surface area contributed by atoms with Crippen molar-refractivity contribution >= 4 is 5.91 Å². The topological polar surface area (TPSA) is 46.3 Å². The van der Waals surface area contributed by atoms with E-state index < -0.39 is 0 Å². The number of hydrogen-bond acceptors (Lipinski definition) is 2. The van der Waals surface area contributed by atoms with Crippen LogP contribution in [-0.2, 0) is 4.79 Å². The number of rotatable bonds is 2. The second kappa shape index (κ2) is 4.60. The molecule has 2 aliphatic rings. The fourth-order valence-corrected chi connectivity index (χ4v) is 3.91. The summed E-state index contributed by atoms with van der Waals surface area (Å²) in [5.74, 6) is -0.497. The molecule has 4 heteroatoms. The Balaban J connectivity index is 1.95. The second-order valence-corrected chi connectivity index (χ2v) is 5.79. The molecule has 1 aromatic carbocycles. The lowest BCUT2D eigenvalue weighted by molar-refractivity contribution is -0.126. The minimum atomic E-state index is -0.240. The molecule has 0 aliphatic carbocycles. The molecule has 2 heterocycles. The van der Waals surface area contributed by atoms with Crippen molar-refractivity contribution in [1.82, 2.24) is 4.90 Å². The first-order chi connectivity index (χ1) is 9.08. The first-order valence-corrected chi connectivity index (χ1v) is 6.84. The number of halogens is 1. The van der Waals surface area contributed by atoms with Crippen LogP contribution in [0, 0.1) is 11.7 Å². The van der Waals surface area contributed by atoms with Crippen LogP contribution in [0.25, 0.3) is 0 Å². The van der Waals surface area contributed by atoms with Crippen molar-refractivity contribution < 1.29 is 9.18 Å². The number of piperidine rings is 1. The molecule has 1 amide bonds. The van der Waals surface area contributed by atoms with Gasteiger partial charge in [-0.3, -0.25) is 9.69 Å². The molecule has 2 saturated heterocycles. The quantitative estimate of drug-likeness (QED) is 0.884. The fourth-order valence-electron chi connectivity index (χ4n) is 3.91. The number of nitrogens with zero attached hydrogens (tertiary/aromatic N) is 1. The third kappa shape index (κ3) is 2.04. The van der Waals surface area contributed by atoms with Crippen molar-refractivity contribution in [1.29, 1.82) is 0 Å². The first-order valence-electron chi connectivity index (χ1n) is 6.84. The molecule has 0 spiro atoms. The second-order valence-electron chi connectivity index (χ2n) is 5.79. The maximum Gasteiger partial charge on any atom is 0.222 e. The van der Waals surface area contributed by atoms with E-state index in [-0.39, 0.29) is 29.6 Å². The molecular formula is C15H19FN2O. The van der Waals surface area contributed by atoms with E-state index >= 15 is 0 Å². The first kappa shape index (κ1) is 12.6. The van der Waals surface area contributed by atoms with E-state index in [1.54, 1.807) is 12.1 Å². The molecule has 3 nitrogen and oxygen atoms in total. The Morgan fingerprint density at radius 1 is 1.32 bits per heavy atom. The number of carbonyl (C=O) groups is 1. The van der Waals surface area contributed by atoms with Gasteiger partial charge in [-0.2, -0.15) is 0 Å². The maximum absolute atomic E-state index is 13.0. The van der Waals surface area contributed by atoms with Gasteiger partial charge in [0.05, 0.1) is 5.92 Å². The number of carbonyl (C=O) groups excluding carboxylic acids is 1. The lowest BCUT2D eigenvalue weighted by Gasteiger charge is -2.41. The maximum atomic E-state index is 13.0. The zero-order chi connectivity index (χ0) is 13.6. The van der Waals surface area contributed by atoms with Crippen molar-refractivity contribution in [3.05, 3.63) is 35.6 Å². The van der Waals surface area contributed by atoms with Crippen LogP contribution in [-0.4, -0.2) is 29.9 Å². The average molecular weight is 262 g/mol. The Labute approximate surface area is 112 Å². The Morgan fingerprint density at radius 2 is 2.00 bits per heavy atom. The van der Waals surface area contributed by atoms with Gasteiger partial charge in [-0.15, -0.1) is 0 Å². The van der Waals surface area contributed by atoms with Gasteiger partial charge in [-0.25, -0.2) is 4.39 Å². The van der Waals surface area contributed by atoms with Crippen LogP contribution in [0.2, 0.25) is 0 Å². The third-order valence-corrected chi connectivity index (χ3v) is 4.90. The fraction of sp³-hybridized carbons (Fsp3) is 0.533. The lowest BCUT2D eigenvalue weighted by atomic mass is 9.76. The predicted molar refractivity (Wildman–Crippen MR) is 71.0 cm³/mol. The van der Waals surface area contributed by atoms with Crippen molar-refractivity contribution in [3.8, 4) is 0 Å². The molecule has 102 valence electrons. The summed E-state index contributed by atoms with van der Waals surface area (Å²) in [5.41, 5.74) is 6.67. The summed E-state index contributed by atoms with van der Waals surface area (Å²) in [6.45, 7) is 0. The summed E-state index contributed by atoms with van der Waals surface area (Å²) in [7, 11) is 2.08. The summed E-state index contributed by atoms with van der Waals surface area (Å²) >= 11 is 0. The van der Waals surface area contributed by atoms with Gasteiger partial charge in [0.2, 0.25) is 5.91 Å². The Hall–Kier alpha value is -1.42. The van der Waals surface area contributed by atoms with Crippen LogP contribution >= 0.6 is 0 Å². The summed E-state index contributed by atoms with van der Waals surface area (Å²) in [6, 6.07) is 7.28. The van der Waals surface area contributed by atoms with Crippen LogP contribution in [0.5, 0.6) is 0 Å². The number of amides is 1. The molecule has 0 aromatic heterocycles. The average Bonchev–Trinajstić information content (AvgIpc) is 2.63. The summed E-state index contributed by atoms with van der Waals surface area (Å²) in [6.07, 6.45) is 3.10. The minimum Gasteiger partial charge on any atom is -0.369 e. The summed E-state index contributed by atoms with van der Waals surface area (Å²) in [5, 5.41) is 0. The van der Waals surface area contributed by atoms with E-state index in [1.165, 1.54) is 12.1 Å². The normalized spacial score (nSPS) is 34.4. The molecule has 0 radical (unpaired) electrons. The Morgan fingerprint density at radius 3 is 2.63 bits per heavy atom. The van der Waals surface area contributed by atoms with E-state index in [2.05, 4.69) is 11.9 Å². The molecule has 1 aromatic rings. The van der Waals surface area contributed by atoms with Crippen LogP contribution in [0.3, 0.4) is 0 Å². The Bertz CT molecular complexity index is 487. The molecule has 4 unspecified atom stereocenters. The smallest absolute Gasteiger partial charge is 0.222 e.